The molecule has 0 saturated carbocycles. The number of hydrogen-bond donors (Lipinski definition) is 1. The van der Waals surface area contributed by atoms with E-state index >= 15 is 0 Å². The Morgan fingerprint density at radius 1 is 1.23 bits per heavy atom. The molecule has 2 heterocycles. The monoisotopic (exact) mass is 455 g/mol. The fourth-order valence-corrected chi connectivity index (χ4v) is 4.18. The maximum atomic E-state index is 14.4. The number of benzene rings is 1. The minimum absolute atomic E-state index is 0.00279. The summed E-state index contributed by atoms with van der Waals surface area (Å²) in [6.45, 7) is 5.91. The van der Waals surface area contributed by atoms with Crippen LogP contribution in [0.2, 0.25) is 0 Å². The van der Waals surface area contributed by atoms with Crippen LogP contribution in [0.5, 0.6) is 0 Å². The SMILES string of the molecule is CC(C)OC(=O)N1CCC(ONC2=CCN(c3ccc(S(C)(=O)=O)cc3F)CC2)CC1. The van der Waals surface area contributed by atoms with Gasteiger partial charge in [-0.05, 0) is 51.0 Å². The van der Waals surface area contributed by atoms with E-state index in [0.29, 0.717) is 38.3 Å². The molecule has 0 bridgehead atoms. The second-order valence-corrected chi connectivity index (χ2v) is 10.2. The minimum Gasteiger partial charge on any atom is -0.447 e. The number of rotatable bonds is 6. The van der Waals surface area contributed by atoms with Crippen molar-refractivity contribution in [3.8, 4) is 0 Å². The van der Waals surface area contributed by atoms with E-state index in [4.69, 9.17) is 9.57 Å². The van der Waals surface area contributed by atoms with Crippen LogP contribution in [0.15, 0.2) is 34.9 Å². The molecule has 2 aliphatic rings. The van der Waals surface area contributed by atoms with Gasteiger partial charge in [-0.1, -0.05) is 0 Å². The summed E-state index contributed by atoms with van der Waals surface area (Å²) in [4.78, 5) is 21.3. The number of nitrogens with zero attached hydrogens (tertiary/aromatic N) is 2. The molecule has 0 unspecified atom stereocenters. The fraction of sp³-hybridized carbons (Fsp3) is 0.571. The lowest BCUT2D eigenvalue weighted by molar-refractivity contribution is -0.0415. The number of likely N-dealkylation sites (tertiary alicyclic amines) is 1. The lowest BCUT2D eigenvalue weighted by Crippen LogP contribution is -2.43. The van der Waals surface area contributed by atoms with Gasteiger partial charge in [0.15, 0.2) is 9.84 Å². The molecule has 0 atom stereocenters. The first kappa shape index (κ1) is 23.3. The van der Waals surface area contributed by atoms with Gasteiger partial charge >= 0.3 is 6.09 Å². The molecule has 2 aliphatic heterocycles. The average Bonchev–Trinajstić information content (AvgIpc) is 2.72. The topological polar surface area (TPSA) is 88.2 Å². The molecular formula is C21H30FN3O5S. The first-order valence-electron chi connectivity index (χ1n) is 10.4. The van der Waals surface area contributed by atoms with E-state index in [1.165, 1.54) is 12.1 Å². The van der Waals surface area contributed by atoms with Crippen molar-refractivity contribution in [3.63, 3.8) is 0 Å². The Balaban J connectivity index is 1.46. The number of halogens is 1. The standard InChI is InChI=1S/C21H30FN3O5S/c1-15(2)29-21(26)25-12-8-17(9-13-25)30-23-16-6-10-24(11-7-16)20-5-4-18(14-19(20)22)31(3,27)28/h4-6,14-15,17,23H,7-13H2,1-3H3. The quantitative estimate of drug-likeness (QED) is 0.660. The summed E-state index contributed by atoms with van der Waals surface area (Å²) in [7, 11) is -3.44. The van der Waals surface area contributed by atoms with E-state index in [1.54, 1.807) is 4.90 Å². The Morgan fingerprint density at radius 3 is 2.48 bits per heavy atom. The minimum atomic E-state index is -3.44. The molecule has 8 nitrogen and oxygen atoms in total. The van der Waals surface area contributed by atoms with Crippen molar-refractivity contribution < 1.29 is 27.2 Å². The molecule has 0 radical (unpaired) electrons. The summed E-state index contributed by atoms with van der Waals surface area (Å²) >= 11 is 0. The maximum absolute atomic E-state index is 14.4. The van der Waals surface area contributed by atoms with E-state index < -0.39 is 15.7 Å². The zero-order valence-electron chi connectivity index (χ0n) is 18.1. The summed E-state index contributed by atoms with van der Waals surface area (Å²) in [6.07, 6.45) is 4.66. The van der Waals surface area contributed by atoms with Crippen LogP contribution in [0.25, 0.3) is 0 Å². The maximum Gasteiger partial charge on any atom is 0.410 e. The van der Waals surface area contributed by atoms with E-state index in [1.807, 2.05) is 24.8 Å². The van der Waals surface area contributed by atoms with Gasteiger partial charge in [0.2, 0.25) is 0 Å². The Kier molecular flexibility index (Phi) is 7.42. The van der Waals surface area contributed by atoms with Crippen molar-refractivity contribution in [2.24, 2.45) is 0 Å². The first-order valence-corrected chi connectivity index (χ1v) is 12.3. The third-order valence-corrected chi connectivity index (χ3v) is 6.40. The van der Waals surface area contributed by atoms with Crippen molar-refractivity contribution >= 4 is 21.6 Å². The van der Waals surface area contributed by atoms with E-state index in [0.717, 1.165) is 30.9 Å². The van der Waals surface area contributed by atoms with Gasteiger partial charge in [-0.15, -0.1) is 0 Å². The molecule has 172 valence electrons. The summed E-state index contributed by atoms with van der Waals surface area (Å²) in [5.41, 5.74) is 4.31. The molecule has 0 aromatic heterocycles. The number of hydroxylamine groups is 1. The molecule has 1 amide bonds. The van der Waals surface area contributed by atoms with Gasteiger partial charge < -0.3 is 14.5 Å². The largest absolute Gasteiger partial charge is 0.447 e. The molecule has 1 aromatic rings. The Labute approximate surface area is 182 Å². The number of anilines is 1. The third kappa shape index (κ3) is 6.33. The zero-order chi connectivity index (χ0) is 22.6. The molecule has 3 rings (SSSR count). The molecule has 0 spiro atoms. The number of sulfone groups is 1. The molecule has 1 aromatic carbocycles. The summed E-state index contributed by atoms with van der Waals surface area (Å²) in [5.74, 6) is -0.549. The van der Waals surface area contributed by atoms with Crippen LogP contribution in [-0.2, 0) is 19.4 Å². The third-order valence-electron chi connectivity index (χ3n) is 5.29. The molecule has 1 fully saturated rings. The highest BCUT2D eigenvalue weighted by Gasteiger charge is 2.25. The molecule has 1 saturated heterocycles. The van der Waals surface area contributed by atoms with E-state index in [2.05, 4.69) is 5.48 Å². The van der Waals surface area contributed by atoms with E-state index in [-0.39, 0.29) is 23.2 Å². The number of piperidine rings is 1. The number of carbonyl (C=O) groups excluding carboxylic acids is 1. The van der Waals surface area contributed by atoms with Crippen LogP contribution in [0.3, 0.4) is 0 Å². The Morgan fingerprint density at radius 2 is 1.94 bits per heavy atom. The van der Waals surface area contributed by atoms with Crippen LogP contribution >= 0.6 is 0 Å². The predicted octanol–water partition coefficient (Wildman–Crippen LogP) is 2.85. The van der Waals surface area contributed by atoms with Crippen molar-refractivity contribution in [1.82, 2.24) is 10.4 Å². The van der Waals surface area contributed by atoms with Crippen molar-refractivity contribution in [2.45, 2.75) is 50.2 Å². The predicted molar refractivity (Wildman–Crippen MR) is 115 cm³/mol. The van der Waals surface area contributed by atoms with Gasteiger partial charge in [0.25, 0.3) is 0 Å². The van der Waals surface area contributed by atoms with Gasteiger partial charge in [0.05, 0.1) is 22.8 Å². The second kappa shape index (κ2) is 9.86. The first-order chi connectivity index (χ1) is 14.6. The van der Waals surface area contributed by atoms with E-state index in [9.17, 15) is 17.6 Å². The van der Waals surface area contributed by atoms with Gasteiger partial charge in [-0.25, -0.2) is 17.6 Å². The summed E-state index contributed by atoms with van der Waals surface area (Å²) < 4.78 is 42.8. The van der Waals surface area contributed by atoms with Gasteiger partial charge in [-0.2, -0.15) is 0 Å². The lowest BCUT2D eigenvalue weighted by atomic mass is 10.1. The number of ether oxygens (including phenoxy) is 1. The summed E-state index contributed by atoms with van der Waals surface area (Å²) in [5, 5.41) is 0. The van der Waals surface area contributed by atoms with Gasteiger partial charge in [-0.3, -0.25) is 10.3 Å². The van der Waals surface area contributed by atoms with Gasteiger partial charge in [0, 0.05) is 44.6 Å². The Bertz CT molecular complexity index is 927. The smallest absolute Gasteiger partial charge is 0.410 e. The van der Waals surface area contributed by atoms with Crippen molar-refractivity contribution in [3.05, 3.63) is 35.8 Å². The molecular weight excluding hydrogens is 425 g/mol. The zero-order valence-corrected chi connectivity index (χ0v) is 19.0. The Hall–Kier alpha value is -2.33. The highest BCUT2D eigenvalue weighted by atomic mass is 32.2. The van der Waals surface area contributed by atoms with Crippen LogP contribution in [-0.4, -0.2) is 64.1 Å². The lowest BCUT2D eigenvalue weighted by Gasteiger charge is -2.33. The van der Waals surface area contributed by atoms with Crippen molar-refractivity contribution in [2.75, 3.05) is 37.3 Å². The van der Waals surface area contributed by atoms with Crippen LogP contribution in [0.4, 0.5) is 14.9 Å². The van der Waals surface area contributed by atoms with Gasteiger partial charge in [0.1, 0.15) is 5.82 Å². The highest BCUT2D eigenvalue weighted by Crippen LogP contribution is 2.25. The summed E-state index contributed by atoms with van der Waals surface area (Å²) in [6, 6.07) is 4.00. The molecule has 1 N–H and O–H groups in total. The fourth-order valence-electron chi connectivity index (χ4n) is 3.55. The number of nitrogens with one attached hydrogen (secondary N) is 1. The van der Waals surface area contributed by atoms with Crippen LogP contribution < -0.4 is 10.4 Å². The van der Waals surface area contributed by atoms with Crippen LogP contribution in [0.1, 0.15) is 33.1 Å². The number of hydrogen-bond acceptors (Lipinski definition) is 7. The average molecular weight is 456 g/mol. The molecule has 0 aliphatic carbocycles. The molecule has 31 heavy (non-hydrogen) atoms. The normalized spacial score (nSPS) is 18.2. The number of carbonyl (C=O) groups is 1. The molecule has 10 heteroatoms. The van der Waals surface area contributed by atoms with Crippen molar-refractivity contribution in [1.29, 1.82) is 0 Å². The van der Waals surface area contributed by atoms with Crippen LogP contribution in [0, 0.1) is 5.82 Å². The number of amides is 1. The highest BCUT2D eigenvalue weighted by molar-refractivity contribution is 7.90. The second-order valence-electron chi connectivity index (χ2n) is 8.15.